The number of aromatic carboxylic acids is 1. The molecule has 0 aliphatic rings. The normalized spacial score (nSPS) is 11.0. The summed E-state index contributed by atoms with van der Waals surface area (Å²) in [4.78, 5) is 28.0. The number of hydrogen-bond donors (Lipinski definition) is 2. The highest BCUT2D eigenvalue weighted by atomic mass is 79.9. The van der Waals surface area contributed by atoms with Crippen molar-refractivity contribution in [2.75, 3.05) is 5.32 Å². The zero-order chi connectivity index (χ0) is 18.7. The van der Waals surface area contributed by atoms with Crippen LogP contribution in [0.15, 0.2) is 27.4 Å². The number of carbonyl (C=O) groups is 2. The third-order valence-electron chi connectivity index (χ3n) is 3.77. The highest BCUT2D eigenvalue weighted by molar-refractivity contribution is 9.10. The number of rotatable bonds is 6. The number of carbonyl (C=O) groups excluding carboxylic acids is 1. The zero-order valence-corrected chi connectivity index (χ0v) is 17.3. The van der Waals surface area contributed by atoms with Crippen molar-refractivity contribution in [1.82, 2.24) is 9.55 Å². The van der Waals surface area contributed by atoms with Crippen LogP contribution in [0.2, 0.25) is 0 Å². The molecule has 2 rings (SSSR count). The van der Waals surface area contributed by atoms with E-state index in [0.29, 0.717) is 28.5 Å². The Morgan fingerprint density at radius 3 is 2.52 bits per heavy atom. The van der Waals surface area contributed by atoms with Crippen LogP contribution in [-0.4, -0.2) is 26.5 Å². The topological polar surface area (TPSA) is 84.2 Å². The minimum Gasteiger partial charge on any atom is -0.477 e. The molecule has 0 atom stereocenters. The molecule has 134 valence electrons. The van der Waals surface area contributed by atoms with E-state index >= 15 is 0 Å². The molecule has 1 heterocycles. The van der Waals surface area contributed by atoms with Crippen LogP contribution in [0.3, 0.4) is 0 Å². The summed E-state index contributed by atoms with van der Waals surface area (Å²) in [6.45, 7) is 5.86. The molecule has 1 amide bonds. The number of aryl methyl sites for hydroxylation is 1. The Labute approximate surface area is 162 Å². The quantitative estimate of drug-likeness (QED) is 0.651. The van der Waals surface area contributed by atoms with Crippen LogP contribution in [0, 0.1) is 0 Å². The lowest BCUT2D eigenvalue weighted by molar-refractivity contribution is -0.116. The summed E-state index contributed by atoms with van der Waals surface area (Å²) in [6, 6.07) is 5.75. The molecule has 1 aromatic heterocycles. The van der Waals surface area contributed by atoms with E-state index in [1.165, 1.54) is 4.57 Å². The van der Waals surface area contributed by atoms with Crippen LogP contribution in [-0.2, 0) is 17.8 Å². The first-order valence-corrected chi connectivity index (χ1v) is 9.40. The Morgan fingerprint density at radius 2 is 2.00 bits per heavy atom. The van der Waals surface area contributed by atoms with Crippen LogP contribution in [0.1, 0.15) is 48.4 Å². The van der Waals surface area contributed by atoms with Crippen molar-refractivity contribution in [2.45, 2.75) is 39.7 Å². The summed E-state index contributed by atoms with van der Waals surface area (Å²) in [5.74, 6) is -1.06. The predicted molar refractivity (Wildman–Crippen MR) is 103 cm³/mol. The van der Waals surface area contributed by atoms with E-state index in [0.717, 1.165) is 10.0 Å². The smallest absolute Gasteiger partial charge is 0.354 e. The minimum absolute atomic E-state index is 0.0266. The minimum atomic E-state index is -1.11. The molecule has 0 saturated carbocycles. The maximum absolute atomic E-state index is 12.4. The van der Waals surface area contributed by atoms with Gasteiger partial charge >= 0.3 is 5.97 Å². The van der Waals surface area contributed by atoms with Gasteiger partial charge in [-0.1, -0.05) is 26.8 Å². The fourth-order valence-electron chi connectivity index (χ4n) is 2.43. The first-order valence-electron chi connectivity index (χ1n) is 7.82. The Kier molecular flexibility index (Phi) is 6.40. The molecule has 0 unspecified atom stereocenters. The van der Waals surface area contributed by atoms with E-state index in [4.69, 9.17) is 0 Å². The van der Waals surface area contributed by atoms with Gasteiger partial charge in [0.2, 0.25) is 5.91 Å². The van der Waals surface area contributed by atoms with E-state index in [-0.39, 0.29) is 18.1 Å². The van der Waals surface area contributed by atoms with E-state index < -0.39 is 5.97 Å². The second kappa shape index (κ2) is 8.14. The highest BCUT2D eigenvalue weighted by Gasteiger charge is 2.22. The third kappa shape index (κ3) is 4.49. The van der Waals surface area contributed by atoms with Gasteiger partial charge in [-0.05, 0) is 61.9 Å². The number of hydrogen-bond acceptors (Lipinski definition) is 3. The maximum atomic E-state index is 12.4. The van der Waals surface area contributed by atoms with Gasteiger partial charge in [0.1, 0.15) is 6.54 Å². The number of carboxylic acids is 1. The van der Waals surface area contributed by atoms with Gasteiger partial charge < -0.3 is 15.0 Å². The monoisotopic (exact) mass is 471 g/mol. The molecule has 0 radical (unpaired) electrons. The van der Waals surface area contributed by atoms with Crippen LogP contribution < -0.4 is 5.32 Å². The summed E-state index contributed by atoms with van der Waals surface area (Å²) in [6.07, 6.45) is 0.469. The molecule has 2 N–H and O–H groups in total. The lowest BCUT2D eigenvalue weighted by Crippen LogP contribution is -2.22. The Hall–Kier alpha value is -1.67. The number of carboxylic acid groups (broad SMARTS) is 1. The van der Waals surface area contributed by atoms with Gasteiger partial charge in [0, 0.05) is 4.47 Å². The van der Waals surface area contributed by atoms with Gasteiger partial charge in [0.15, 0.2) is 10.4 Å². The van der Waals surface area contributed by atoms with Gasteiger partial charge in [-0.25, -0.2) is 9.78 Å². The number of anilines is 1. The van der Waals surface area contributed by atoms with Crippen molar-refractivity contribution < 1.29 is 14.7 Å². The second-order valence-corrected chi connectivity index (χ2v) is 7.43. The number of nitrogens with zero attached hydrogens (tertiary/aromatic N) is 2. The van der Waals surface area contributed by atoms with Gasteiger partial charge in [-0.15, -0.1) is 0 Å². The fourth-order valence-corrected chi connectivity index (χ4v) is 3.44. The summed E-state index contributed by atoms with van der Waals surface area (Å²) in [5.41, 5.74) is 2.26. The van der Waals surface area contributed by atoms with Gasteiger partial charge in [-0.3, -0.25) is 4.79 Å². The number of benzene rings is 1. The molecule has 0 spiro atoms. The van der Waals surface area contributed by atoms with Crippen LogP contribution >= 0.6 is 31.9 Å². The number of aromatic nitrogens is 2. The van der Waals surface area contributed by atoms with Crippen molar-refractivity contribution in [2.24, 2.45) is 0 Å². The largest absolute Gasteiger partial charge is 0.477 e. The Bertz CT molecular complexity index is 816. The Morgan fingerprint density at radius 1 is 1.32 bits per heavy atom. The lowest BCUT2D eigenvalue weighted by atomic mass is 10.0. The number of nitrogens with one attached hydrogen (secondary N) is 1. The second-order valence-electron chi connectivity index (χ2n) is 5.86. The molecule has 1 aromatic carbocycles. The predicted octanol–water partition coefficient (Wildman–Crippen LogP) is 4.43. The highest BCUT2D eigenvalue weighted by Crippen LogP contribution is 2.27. The van der Waals surface area contributed by atoms with E-state index in [9.17, 15) is 14.7 Å². The molecule has 0 aliphatic heterocycles. The first kappa shape index (κ1) is 19.7. The van der Waals surface area contributed by atoms with Crippen molar-refractivity contribution in [3.8, 4) is 0 Å². The first-order chi connectivity index (χ1) is 11.7. The van der Waals surface area contributed by atoms with Crippen molar-refractivity contribution in [3.63, 3.8) is 0 Å². The summed E-state index contributed by atoms with van der Waals surface area (Å²) in [7, 11) is 0. The van der Waals surface area contributed by atoms with Gasteiger partial charge in [0.25, 0.3) is 0 Å². The SMILES string of the molecule is CCc1nc(Br)n(CC(=O)Nc2ccc(C(C)C)cc2Br)c1C(=O)O. The molecule has 0 bridgehead atoms. The van der Waals surface area contributed by atoms with Gasteiger partial charge in [-0.2, -0.15) is 0 Å². The average molecular weight is 473 g/mol. The van der Waals surface area contributed by atoms with E-state index in [1.54, 1.807) is 0 Å². The zero-order valence-electron chi connectivity index (χ0n) is 14.1. The van der Waals surface area contributed by atoms with Crippen molar-refractivity contribution in [3.05, 3.63) is 44.4 Å². The molecule has 0 fully saturated rings. The average Bonchev–Trinajstić information content (AvgIpc) is 2.85. The van der Waals surface area contributed by atoms with Crippen LogP contribution in [0.4, 0.5) is 5.69 Å². The molecular weight excluding hydrogens is 454 g/mol. The molecule has 0 aliphatic carbocycles. The molecule has 8 heteroatoms. The maximum Gasteiger partial charge on any atom is 0.354 e. The number of halogens is 2. The van der Waals surface area contributed by atoms with Gasteiger partial charge in [0.05, 0.1) is 11.4 Å². The summed E-state index contributed by atoms with van der Waals surface area (Å²) >= 11 is 6.69. The standard InChI is InChI=1S/C17H19Br2N3O3/c1-4-12-15(16(24)25)22(17(19)21-12)8-14(23)20-13-6-5-10(9(2)3)7-11(13)18/h5-7,9H,4,8H2,1-3H3,(H,20,23)(H,24,25). The Balaban J connectivity index is 2.21. The number of imidazole rings is 1. The lowest BCUT2D eigenvalue weighted by Gasteiger charge is -2.12. The molecule has 0 saturated heterocycles. The fraction of sp³-hybridized carbons (Fsp3) is 0.353. The van der Waals surface area contributed by atoms with Crippen molar-refractivity contribution >= 4 is 49.4 Å². The summed E-state index contributed by atoms with van der Waals surface area (Å²) < 4.78 is 2.46. The molecule has 25 heavy (non-hydrogen) atoms. The molecule has 2 aromatic rings. The van der Waals surface area contributed by atoms with Crippen molar-refractivity contribution in [1.29, 1.82) is 0 Å². The van der Waals surface area contributed by atoms with Crippen LogP contribution in [0.5, 0.6) is 0 Å². The number of amides is 1. The van der Waals surface area contributed by atoms with E-state index in [2.05, 4.69) is 56.0 Å². The third-order valence-corrected chi connectivity index (χ3v) is 5.03. The van der Waals surface area contributed by atoms with E-state index in [1.807, 2.05) is 25.1 Å². The molecule has 6 nitrogen and oxygen atoms in total. The van der Waals surface area contributed by atoms with Crippen LogP contribution in [0.25, 0.3) is 0 Å². The molecular formula is C17H19Br2N3O3. The summed E-state index contributed by atoms with van der Waals surface area (Å²) in [5, 5.41) is 12.2.